The molecular formula is C23H24N6O3. The second kappa shape index (κ2) is 8.30. The maximum Gasteiger partial charge on any atom is 0.407 e. The van der Waals surface area contributed by atoms with Gasteiger partial charge in [0, 0.05) is 35.2 Å². The number of hydrogen-bond acceptors (Lipinski definition) is 6. The van der Waals surface area contributed by atoms with Crippen molar-refractivity contribution in [3.63, 3.8) is 0 Å². The molecule has 0 saturated heterocycles. The average molecular weight is 432 g/mol. The molecule has 9 nitrogen and oxygen atoms in total. The van der Waals surface area contributed by atoms with E-state index in [1.54, 1.807) is 47.6 Å². The molecule has 2 aromatic heterocycles. The van der Waals surface area contributed by atoms with Gasteiger partial charge in [-0.05, 0) is 45.7 Å². The van der Waals surface area contributed by atoms with Crippen LogP contribution in [0, 0.1) is 11.3 Å². The van der Waals surface area contributed by atoms with E-state index < -0.39 is 11.7 Å². The van der Waals surface area contributed by atoms with E-state index in [0.717, 1.165) is 0 Å². The first-order chi connectivity index (χ1) is 15.2. The Kier molecular flexibility index (Phi) is 5.53. The number of aromatic nitrogens is 3. The Labute approximate surface area is 185 Å². The zero-order valence-corrected chi connectivity index (χ0v) is 18.1. The highest BCUT2D eigenvalue weighted by molar-refractivity contribution is 6.07. The summed E-state index contributed by atoms with van der Waals surface area (Å²) in [6, 6.07) is 9.04. The van der Waals surface area contributed by atoms with E-state index in [1.807, 2.05) is 20.8 Å². The number of hydrogen-bond donors (Lipinski definition) is 2. The lowest BCUT2D eigenvalue weighted by atomic mass is 9.86. The highest BCUT2D eigenvalue weighted by Gasteiger charge is 2.33. The molecule has 0 bridgehead atoms. The first-order valence-electron chi connectivity index (χ1n) is 10.4. The molecule has 0 aliphatic heterocycles. The Morgan fingerprint density at radius 3 is 2.59 bits per heavy atom. The van der Waals surface area contributed by atoms with Gasteiger partial charge in [-0.2, -0.15) is 5.26 Å². The minimum absolute atomic E-state index is 0.0534. The number of alkyl carbamates (subject to hydrolysis) is 1. The molecule has 0 spiro atoms. The van der Waals surface area contributed by atoms with Crippen LogP contribution in [0.5, 0.6) is 0 Å². The van der Waals surface area contributed by atoms with Crippen LogP contribution in [-0.2, 0) is 4.74 Å². The lowest BCUT2D eigenvalue weighted by Gasteiger charge is -2.36. The smallest absolute Gasteiger partial charge is 0.407 e. The van der Waals surface area contributed by atoms with E-state index in [4.69, 9.17) is 4.74 Å². The lowest BCUT2D eigenvalue weighted by Crippen LogP contribution is -2.54. The second-order valence-corrected chi connectivity index (χ2v) is 8.80. The van der Waals surface area contributed by atoms with Gasteiger partial charge in [-0.3, -0.25) is 9.36 Å². The average Bonchev–Trinajstić information content (AvgIpc) is 3.24. The van der Waals surface area contributed by atoms with Gasteiger partial charge in [-0.15, -0.1) is 0 Å². The summed E-state index contributed by atoms with van der Waals surface area (Å²) >= 11 is 0. The van der Waals surface area contributed by atoms with Crippen LogP contribution in [0.15, 0.2) is 43.0 Å². The van der Waals surface area contributed by atoms with Crippen molar-refractivity contribution in [2.45, 2.75) is 51.3 Å². The normalized spacial score (nSPS) is 17.8. The Morgan fingerprint density at radius 1 is 1.19 bits per heavy atom. The SMILES string of the molecule is CC(C)(C)OC(=O)N[C@H]1C[C@H](NC(=O)c2nc(-n3ccnc3)cc3c(C#N)cccc23)C1. The lowest BCUT2D eigenvalue weighted by molar-refractivity contribution is 0.0465. The van der Waals surface area contributed by atoms with Gasteiger partial charge < -0.3 is 15.4 Å². The predicted molar refractivity (Wildman–Crippen MR) is 117 cm³/mol. The largest absolute Gasteiger partial charge is 0.444 e. The van der Waals surface area contributed by atoms with Crippen LogP contribution >= 0.6 is 0 Å². The zero-order chi connectivity index (χ0) is 22.9. The van der Waals surface area contributed by atoms with E-state index in [-0.39, 0.29) is 23.7 Å². The van der Waals surface area contributed by atoms with Crippen molar-refractivity contribution in [2.75, 3.05) is 0 Å². The molecule has 0 radical (unpaired) electrons. The minimum atomic E-state index is -0.559. The van der Waals surface area contributed by atoms with Gasteiger partial charge in [0.2, 0.25) is 0 Å². The van der Waals surface area contributed by atoms with Gasteiger partial charge in [-0.25, -0.2) is 14.8 Å². The number of amides is 2. The maximum atomic E-state index is 13.1. The van der Waals surface area contributed by atoms with Gasteiger partial charge in [0.1, 0.15) is 23.4 Å². The third-order valence-corrected chi connectivity index (χ3v) is 5.16. The fourth-order valence-corrected chi connectivity index (χ4v) is 3.64. The molecule has 32 heavy (non-hydrogen) atoms. The Morgan fingerprint density at radius 2 is 1.94 bits per heavy atom. The molecular weight excluding hydrogens is 408 g/mol. The van der Waals surface area contributed by atoms with Crippen LogP contribution in [0.1, 0.15) is 49.7 Å². The van der Waals surface area contributed by atoms with E-state index in [0.29, 0.717) is 35.0 Å². The summed E-state index contributed by atoms with van der Waals surface area (Å²) in [5.41, 5.74) is 0.147. The Bertz CT molecular complexity index is 1200. The molecule has 164 valence electrons. The third-order valence-electron chi connectivity index (χ3n) is 5.16. The summed E-state index contributed by atoms with van der Waals surface area (Å²) in [7, 11) is 0. The summed E-state index contributed by atoms with van der Waals surface area (Å²) in [5.74, 6) is 0.175. The topological polar surface area (TPSA) is 122 Å². The van der Waals surface area contributed by atoms with Gasteiger partial charge >= 0.3 is 6.09 Å². The molecule has 2 amide bonds. The number of ether oxygens (including phenoxy) is 1. The van der Waals surface area contributed by atoms with Gasteiger partial charge in [0.25, 0.3) is 5.91 Å². The van der Waals surface area contributed by atoms with Crippen LogP contribution in [0.3, 0.4) is 0 Å². The van der Waals surface area contributed by atoms with Crippen molar-refractivity contribution in [3.8, 4) is 11.9 Å². The van der Waals surface area contributed by atoms with E-state index in [1.165, 1.54) is 0 Å². The summed E-state index contributed by atoms with van der Waals surface area (Å²) < 4.78 is 6.96. The van der Waals surface area contributed by atoms with E-state index in [9.17, 15) is 14.9 Å². The summed E-state index contributed by atoms with van der Waals surface area (Å²) in [4.78, 5) is 33.6. The number of imidazole rings is 1. The molecule has 1 fully saturated rings. The molecule has 1 aliphatic rings. The third kappa shape index (κ3) is 4.54. The Hall–Kier alpha value is -3.93. The first-order valence-corrected chi connectivity index (χ1v) is 10.4. The molecule has 0 unspecified atom stereocenters. The predicted octanol–water partition coefficient (Wildman–Crippen LogP) is 3.08. The summed E-state index contributed by atoms with van der Waals surface area (Å²) in [6.45, 7) is 5.43. The zero-order valence-electron chi connectivity index (χ0n) is 18.1. The molecule has 0 atom stereocenters. The van der Waals surface area contributed by atoms with Crippen LogP contribution in [0.4, 0.5) is 4.79 Å². The maximum absolute atomic E-state index is 13.1. The molecule has 3 aromatic rings. The fourth-order valence-electron chi connectivity index (χ4n) is 3.64. The van der Waals surface area contributed by atoms with Crippen molar-refractivity contribution in [1.29, 1.82) is 5.26 Å². The molecule has 1 aliphatic carbocycles. The van der Waals surface area contributed by atoms with Crippen molar-refractivity contribution < 1.29 is 14.3 Å². The molecule has 2 heterocycles. The number of nitrogens with zero attached hydrogens (tertiary/aromatic N) is 4. The van der Waals surface area contributed by atoms with Crippen molar-refractivity contribution in [3.05, 3.63) is 54.2 Å². The highest BCUT2D eigenvalue weighted by atomic mass is 16.6. The molecule has 9 heteroatoms. The monoisotopic (exact) mass is 432 g/mol. The first kappa shape index (κ1) is 21.3. The number of benzene rings is 1. The quantitative estimate of drug-likeness (QED) is 0.653. The number of nitriles is 1. The van der Waals surface area contributed by atoms with Crippen LogP contribution < -0.4 is 10.6 Å². The molecule has 1 aromatic carbocycles. The number of nitrogens with one attached hydrogen (secondary N) is 2. The summed E-state index contributed by atoms with van der Waals surface area (Å²) in [5, 5.41) is 16.6. The van der Waals surface area contributed by atoms with Gasteiger partial charge in [0.05, 0.1) is 11.6 Å². The van der Waals surface area contributed by atoms with Crippen molar-refractivity contribution in [1.82, 2.24) is 25.2 Å². The number of carbonyl (C=O) groups excluding carboxylic acids is 2. The van der Waals surface area contributed by atoms with Crippen LogP contribution in [0.25, 0.3) is 16.6 Å². The van der Waals surface area contributed by atoms with Crippen LogP contribution in [0.2, 0.25) is 0 Å². The number of fused-ring (bicyclic) bond motifs is 1. The van der Waals surface area contributed by atoms with E-state index >= 15 is 0 Å². The van der Waals surface area contributed by atoms with Gasteiger partial charge in [0.15, 0.2) is 0 Å². The minimum Gasteiger partial charge on any atom is -0.444 e. The molecule has 2 N–H and O–H groups in total. The van der Waals surface area contributed by atoms with Crippen molar-refractivity contribution in [2.24, 2.45) is 0 Å². The summed E-state index contributed by atoms with van der Waals surface area (Å²) in [6.07, 6.45) is 5.68. The molecule has 4 rings (SSSR count). The Balaban J connectivity index is 1.51. The fraction of sp³-hybridized carbons (Fsp3) is 0.348. The van der Waals surface area contributed by atoms with Gasteiger partial charge in [-0.1, -0.05) is 12.1 Å². The second-order valence-electron chi connectivity index (χ2n) is 8.80. The number of pyridine rings is 1. The van der Waals surface area contributed by atoms with E-state index in [2.05, 4.69) is 26.7 Å². The number of carbonyl (C=O) groups is 2. The van der Waals surface area contributed by atoms with Crippen molar-refractivity contribution >= 4 is 22.8 Å². The molecule has 1 saturated carbocycles. The van der Waals surface area contributed by atoms with Crippen LogP contribution in [-0.4, -0.2) is 44.2 Å². The number of rotatable bonds is 4. The highest BCUT2D eigenvalue weighted by Crippen LogP contribution is 2.26. The standard InChI is InChI=1S/C23H24N6O3/c1-23(2,3)32-22(31)27-16-9-15(10-16)26-21(30)20-17-6-4-5-14(12-24)18(17)11-19(28-20)29-8-7-25-13-29/h4-8,11,13,15-16H,9-10H2,1-3H3,(H,26,30)(H,27,31)/t15-,16-.